The molecule has 0 aliphatic carbocycles. The average Bonchev–Trinajstić information content (AvgIpc) is 2.59. The van der Waals surface area contributed by atoms with Crippen LogP contribution >= 0.6 is 0 Å². The quantitative estimate of drug-likeness (QED) is 0.731. The van der Waals surface area contributed by atoms with Crippen LogP contribution in [-0.2, 0) is 4.79 Å². The van der Waals surface area contributed by atoms with Crippen molar-refractivity contribution in [3.05, 3.63) is 59.3 Å². The molecule has 122 valence electrons. The molecular weight excluding hydrogens is 304 g/mol. The van der Waals surface area contributed by atoms with Crippen LogP contribution in [0.2, 0.25) is 0 Å². The van der Waals surface area contributed by atoms with Crippen molar-refractivity contribution < 1.29 is 9.59 Å². The molecule has 24 heavy (non-hydrogen) atoms. The monoisotopic (exact) mass is 322 g/mol. The summed E-state index contributed by atoms with van der Waals surface area (Å²) in [5, 5.41) is 2.60. The highest BCUT2D eigenvalue weighted by Gasteiger charge is 2.16. The van der Waals surface area contributed by atoms with Gasteiger partial charge in [0.25, 0.3) is 5.91 Å². The molecule has 1 heterocycles. The van der Waals surface area contributed by atoms with E-state index in [0.717, 1.165) is 11.1 Å². The summed E-state index contributed by atoms with van der Waals surface area (Å²) in [5.41, 5.74) is 12.7. The molecule has 2 rings (SSSR count). The van der Waals surface area contributed by atoms with E-state index in [2.05, 4.69) is 22.1 Å². The zero-order valence-corrected chi connectivity index (χ0v) is 13.2. The van der Waals surface area contributed by atoms with Gasteiger partial charge in [-0.1, -0.05) is 18.8 Å². The first-order valence-corrected chi connectivity index (χ1v) is 7.43. The van der Waals surface area contributed by atoms with Crippen molar-refractivity contribution in [1.82, 2.24) is 10.3 Å². The first-order valence-electron chi connectivity index (χ1n) is 7.43. The maximum atomic E-state index is 12.1. The summed E-state index contributed by atoms with van der Waals surface area (Å²) in [6, 6.07) is 9.56. The average molecular weight is 322 g/mol. The lowest BCUT2D eigenvalue weighted by Crippen LogP contribution is -2.43. The highest BCUT2D eigenvalue weighted by Crippen LogP contribution is 2.05. The molecule has 0 aliphatic rings. The van der Waals surface area contributed by atoms with Crippen LogP contribution in [0.1, 0.15) is 34.8 Å². The van der Waals surface area contributed by atoms with Crippen molar-refractivity contribution in [2.75, 3.05) is 5.73 Å². The van der Waals surface area contributed by atoms with Gasteiger partial charge >= 0.3 is 0 Å². The molecule has 1 aromatic carbocycles. The lowest BCUT2D eigenvalue weighted by atomic mass is 10.1. The van der Waals surface area contributed by atoms with Gasteiger partial charge in [0.15, 0.2) is 0 Å². The van der Waals surface area contributed by atoms with Crippen molar-refractivity contribution in [1.29, 1.82) is 0 Å². The third-order valence-electron chi connectivity index (χ3n) is 3.34. The Morgan fingerprint density at radius 1 is 1.12 bits per heavy atom. The third-order valence-corrected chi connectivity index (χ3v) is 3.34. The number of amides is 2. The number of carbonyl (C=O) groups is 2. The maximum absolute atomic E-state index is 12.1. The standard InChI is InChI=1S/C18H18N4O2/c1-2-15(17(20)23)22-18(24)14-8-5-12(6-9-14)3-4-13-7-10-16(19)21-11-13/h5-11,15H,2H2,1H3,(H2,19,21)(H2,20,23)(H,22,24). The van der Waals surface area contributed by atoms with Crippen LogP contribution in [0.4, 0.5) is 5.82 Å². The van der Waals surface area contributed by atoms with E-state index in [1.807, 2.05) is 0 Å². The number of hydrogen-bond acceptors (Lipinski definition) is 4. The van der Waals surface area contributed by atoms with Crippen molar-refractivity contribution in [3.63, 3.8) is 0 Å². The SMILES string of the molecule is CCC(NC(=O)c1ccc(C#Cc2ccc(N)nc2)cc1)C(N)=O. The molecule has 0 saturated carbocycles. The predicted octanol–water partition coefficient (Wildman–Crippen LogP) is 1.06. The van der Waals surface area contributed by atoms with Gasteiger partial charge in [-0.15, -0.1) is 0 Å². The van der Waals surface area contributed by atoms with Gasteiger partial charge in [-0.2, -0.15) is 0 Å². The van der Waals surface area contributed by atoms with Crippen molar-refractivity contribution in [2.45, 2.75) is 19.4 Å². The number of nitrogens with two attached hydrogens (primary N) is 2. The molecule has 1 atom stereocenters. The fourth-order valence-corrected chi connectivity index (χ4v) is 1.94. The van der Waals surface area contributed by atoms with E-state index in [9.17, 15) is 9.59 Å². The molecule has 5 N–H and O–H groups in total. The summed E-state index contributed by atoms with van der Waals surface area (Å²) in [6.45, 7) is 1.78. The molecule has 1 unspecified atom stereocenters. The van der Waals surface area contributed by atoms with E-state index in [-0.39, 0.29) is 5.91 Å². The topological polar surface area (TPSA) is 111 Å². The van der Waals surface area contributed by atoms with Crippen molar-refractivity contribution >= 4 is 17.6 Å². The number of nitrogens with zero attached hydrogens (tertiary/aromatic N) is 1. The number of nitrogens with one attached hydrogen (secondary N) is 1. The summed E-state index contributed by atoms with van der Waals surface area (Å²) >= 11 is 0. The fraction of sp³-hybridized carbons (Fsp3) is 0.167. The van der Waals surface area contributed by atoms with Gasteiger partial charge in [-0.3, -0.25) is 9.59 Å². The second-order valence-electron chi connectivity index (χ2n) is 5.14. The largest absolute Gasteiger partial charge is 0.384 e. The Morgan fingerprint density at radius 3 is 2.29 bits per heavy atom. The van der Waals surface area contributed by atoms with Crippen LogP contribution in [0, 0.1) is 11.8 Å². The Hall–Kier alpha value is -3.33. The van der Waals surface area contributed by atoms with E-state index >= 15 is 0 Å². The molecule has 1 aromatic heterocycles. The Morgan fingerprint density at radius 2 is 1.75 bits per heavy atom. The van der Waals surface area contributed by atoms with E-state index in [0.29, 0.717) is 17.8 Å². The van der Waals surface area contributed by atoms with Gasteiger partial charge < -0.3 is 16.8 Å². The number of benzene rings is 1. The molecule has 6 heteroatoms. The van der Waals surface area contributed by atoms with Crippen LogP contribution in [0.3, 0.4) is 0 Å². The second-order valence-corrected chi connectivity index (χ2v) is 5.14. The Bertz CT molecular complexity index is 787. The van der Waals surface area contributed by atoms with Gasteiger partial charge in [0, 0.05) is 22.9 Å². The van der Waals surface area contributed by atoms with Gasteiger partial charge in [0.1, 0.15) is 11.9 Å². The third kappa shape index (κ3) is 4.58. The first kappa shape index (κ1) is 17.0. The lowest BCUT2D eigenvalue weighted by molar-refractivity contribution is -0.119. The smallest absolute Gasteiger partial charge is 0.251 e. The Balaban J connectivity index is 2.06. The summed E-state index contributed by atoms with van der Waals surface area (Å²) in [5.74, 6) is 5.49. The van der Waals surface area contributed by atoms with Crippen LogP contribution in [0.25, 0.3) is 0 Å². The lowest BCUT2D eigenvalue weighted by Gasteiger charge is -2.13. The highest BCUT2D eigenvalue weighted by atomic mass is 16.2. The van der Waals surface area contributed by atoms with Crippen LogP contribution in [-0.4, -0.2) is 22.8 Å². The van der Waals surface area contributed by atoms with E-state index in [4.69, 9.17) is 11.5 Å². The molecule has 0 aliphatic heterocycles. The minimum Gasteiger partial charge on any atom is -0.384 e. The van der Waals surface area contributed by atoms with Gasteiger partial charge in [0.05, 0.1) is 0 Å². The summed E-state index contributed by atoms with van der Waals surface area (Å²) in [4.78, 5) is 27.2. The maximum Gasteiger partial charge on any atom is 0.251 e. The van der Waals surface area contributed by atoms with Crippen LogP contribution < -0.4 is 16.8 Å². The fourth-order valence-electron chi connectivity index (χ4n) is 1.94. The van der Waals surface area contributed by atoms with E-state index in [1.54, 1.807) is 49.5 Å². The zero-order valence-electron chi connectivity index (χ0n) is 13.2. The number of primary amides is 1. The number of pyridine rings is 1. The number of aromatic nitrogens is 1. The minimum absolute atomic E-state index is 0.345. The molecule has 0 saturated heterocycles. The normalized spacial score (nSPS) is 11.0. The molecule has 6 nitrogen and oxygen atoms in total. The van der Waals surface area contributed by atoms with Crippen LogP contribution in [0.5, 0.6) is 0 Å². The van der Waals surface area contributed by atoms with E-state index < -0.39 is 11.9 Å². The Labute approximate surface area is 140 Å². The second kappa shape index (κ2) is 7.79. The first-order chi connectivity index (χ1) is 11.5. The number of nitrogen functional groups attached to an aromatic ring is 1. The van der Waals surface area contributed by atoms with Gasteiger partial charge in [-0.05, 0) is 42.8 Å². The number of carbonyl (C=O) groups excluding carboxylic acids is 2. The molecule has 2 aromatic rings. The van der Waals surface area contributed by atoms with Gasteiger partial charge in [0.2, 0.25) is 5.91 Å². The summed E-state index contributed by atoms with van der Waals surface area (Å²) in [7, 11) is 0. The van der Waals surface area contributed by atoms with Crippen LogP contribution in [0.15, 0.2) is 42.6 Å². The predicted molar refractivity (Wildman–Crippen MR) is 91.8 cm³/mol. The zero-order chi connectivity index (χ0) is 17.5. The summed E-state index contributed by atoms with van der Waals surface area (Å²) in [6.07, 6.45) is 2.04. The Kier molecular flexibility index (Phi) is 5.53. The molecule has 0 fully saturated rings. The summed E-state index contributed by atoms with van der Waals surface area (Å²) < 4.78 is 0. The molecule has 0 bridgehead atoms. The molecule has 2 amide bonds. The molecular formula is C18H18N4O2. The number of hydrogen-bond donors (Lipinski definition) is 3. The number of anilines is 1. The van der Waals surface area contributed by atoms with Crippen molar-refractivity contribution in [3.8, 4) is 11.8 Å². The minimum atomic E-state index is -0.671. The van der Waals surface area contributed by atoms with Gasteiger partial charge in [-0.25, -0.2) is 4.98 Å². The number of rotatable bonds is 4. The molecule has 0 radical (unpaired) electrons. The highest BCUT2D eigenvalue weighted by molar-refractivity contribution is 5.97. The van der Waals surface area contributed by atoms with Crippen molar-refractivity contribution in [2.24, 2.45) is 5.73 Å². The van der Waals surface area contributed by atoms with E-state index in [1.165, 1.54) is 0 Å². The molecule has 0 spiro atoms.